The lowest BCUT2D eigenvalue weighted by molar-refractivity contribution is 0.353. The Kier molecular flexibility index (Phi) is 3.01. The summed E-state index contributed by atoms with van der Waals surface area (Å²) >= 11 is 0. The van der Waals surface area contributed by atoms with Gasteiger partial charge in [0.05, 0.1) is 0 Å². The fourth-order valence-corrected chi connectivity index (χ4v) is 1.69. The van der Waals surface area contributed by atoms with E-state index in [0.717, 1.165) is 25.7 Å². The maximum Gasteiger partial charge on any atom is 0.252 e. The summed E-state index contributed by atoms with van der Waals surface area (Å²) in [6.45, 7) is 7.41. The normalized spacial score (nSPS) is 20.6. The molecule has 64 valence electrons. The van der Waals surface area contributed by atoms with Crippen LogP contribution in [-0.2, 0) is 4.79 Å². The number of isocyanates is 1. The van der Waals surface area contributed by atoms with Crippen molar-refractivity contribution in [2.24, 2.45) is 4.99 Å². The molecule has 3 nitrogen and oxygen atoms in total. The van der Waals surface area contributed by atoms with Crippen LogP contribution in [0.2, 0.25) is 0 Å². The van der Waals surface area contributed by atoms with Gasteiger partial charge in [0.15, 0.2) is 0 Å². The van der Waals surface area contributed by atoms with E-state index in [2.05, 4.69) is 9.84 Å². The Morgan fingerprint density at radius 1 is 1.42 bits per heavy atom. The Morgan fingerprint density at radius 2 is 2.08 bits per heavy atom. The highest BCUT2D eigenvalue weighted by atomic mass is 16.1. The van der Waals surface area contributed by atoms with Gasteiger partial charge in [-0.05, 0) is 12.8 Å². The standard InChI is InChI=1S/C9H12N2O/c1-10-9(7-11-8-12)5-3-2-4-6-9/h2-7H2. The summed E-state index contributed by atoms with van der Waals surface area (Å²) in [5.74, 6) is 0. The Labute approximate surface area is 72.3 Å². The Hall–Kier alpha value is -1.13. The van der Waals surface area contributed by atoms with Crippen molar-refractivity contribution >= 4 is 6.08 Å². The van der Waals surface area contributed by atoms with Gasteiger partial charge in [-0.15, -0.1) is 0 Å². The SMILES string of the molecule is [C-]#[N+]C1(CN=C=O)CCCCC1. The van der Waals surface area contributed by atoms with Crippen LogP contribution >= 0.6 is 0 Å². The molecule has 0 atom stereocenters. The maximum absolute atomic E-state index is 9.91. The summed E-state index contributed by atoms with van der Waals surface area (Å²) in [7, 11) is 0. The van der Waals surface area contributed by atoms with Gasteiger partial charge in [0.25, 0.3) is 5.54 Å². The largest absolute Gasteiger partial charge is 0.308 e. The van der Waals surface area contributed by atoms with Crippen molar-refractivity contribution in [1.29, 1.82) is 0 Å². The van der Waals surface area contributed by atoms with Crippen LogP contribution < -0.4 is 0 Å². The first-order valence-corrected chi connectivity index (χ1v) is 4.25. The summed E-state index contributed by atoms with van der Waals surface area (Å²) in [6, 6.07) is 0. The number of aliphatic imine (C=N–C) groups is 1. The molecular weight excluding hydrogens is 152 g/mol. The third-order valence-corrected chi connectivity index (χ3v) is 2.46. The highest BCUT2D eigenvalue weighted by Gasteiger charge is 2.37. The van der Waals surface area contributed by atoms with E-state index in [1.54, 1.807) is 0 Å². The molecule has 0 aliphatic heterocycles. The van der Waals surface area contributed by atoms with Crippen LogP contribution in [0.5, 0.6) is 0 Å². The van der Waals surface area contributed by atoms with Crippen LogP contribution in [-0.4, -0.2) is 18.2 Å². The van der Waals surface area contributed by atoms with Crippen LogP contribution in [0.25, 0.3) is 4.85 Å². The van der Waals surface area contributed by atoms with Gasteiger partial charge in [-0.2, -0.15) is 4.99 Å². The van der Waals surface area contributed by atoms with Crippen LogP contribution in [0.3, 0.4) is 0 Å². The minimum Gasteiger partial charge on any atom is -0.308 e. The number of hydrogen-bond donors (Lipinski definition) is 0. The summed E-state index contributed by atoms with van der Waals surface area (Å²) < 4.78 is 0. The van der Waals surface area contributed by atoms with E-state index < -0.39 is 0 Å². The van der Waals surface area contributed by atoms with Crippen molar-refractivity contribution in [3.63, 3.8) is 0 Å². The zero-order valence-electron chi connectivity index (χ0n) is 7.05. The molecule has 0 heterocycles. The van der Waals surface area contributed by atoms with Gasteiger partial charge in [0.1, 0.15) is 6.54 Å². The third-order valence-electron chi connectivity index (χ3n) is 2.46. The van der Waals surface area contributed by atoms with Crippen molar-refractivity contribution in [2.75, 3.05) is 6.54 Å². The van der Waals surface area contributed by atoms with Crippen LogP contribution in [0, 0.1) is 6.57 Å². The molecule has 1 rings (SSSR count). The highest BCUT2D eigenvalue weighted by Crippen LogP contribution is 2.31. The zero-order valence-corrected chi connectivity index (χ0v) is 7.05. The Bertz CT molecular complexity index is 229. The number of hydrogen-bond acceptors (Lipinski definition) is 2. The molecule has 1 saturated carbocycles. The first-order valence-electron chi connectivity index (χ1n) is 4.25. The quantitative estimate of drug-likeness (QED) is 0.349. The molecule has 0 saturated heterocycles. The van der Waals surface area contributed by atoms with Gasteiger partial charge >= 0.3 is 0 Å². The van der Waals surface area contributed by atoms with Crippen molar-refractivity contribution in [3.05, 3.63) is 11.4 Å². The number of nitrogens with zero attached hydrogens (tertiary/aromatic N) is 2. The fraction of sp³-hybridized carbons (Fsp3) is 0.778. The molecule has 0 N–H and O–H groups in total. The van der Waals surface area contributed by atoms with Gasteiger partial charge in [-0.1, -0.05) is 6.42 Å². The number of rotatable bonds is 2. The molecular formula is C9H12N2O. The van der Waals surface area contributed by atoms with Crippen molar-refractivity contribution in [2.45, 2.75) is 37.6 Å². The van der Waals surface area contributed by atoms with E-state index in [1.165, 1.54) is 12.5 Å². The van der Waals surface area contributed by atoms with Crippen LogP contribution in [0.1, 0.15) is 32.1 Å². The molecule has 12 heavy (non-hydrogen) atoms. The zero-order chi connectivity index (χ0) is 8.86. The first-order chi connectivity index (χ1) is 5.83. The molecule has 1 fully saturated rings. The number of carbonyl (C=O) groups excluding carboxylic acids is 1. The first kappa shape index (κ1) is 8.96. The van der Waals surface area contributed by atoms with Gasteiger partial charge in [-0.25, -0.2) is 11.4 Å². The molecule has 0 bridgehead atoms. The van der Waals surface area contributed by atoms with Crippen molar-refractivity contribution in [1.82, 2.24) is 0 Å². The molecule has 0 amide bonds. The van der Waals surface area contributed by atoms with Crippen LogP contribution in [0.4, 0.5) is 0 Å². The Balaban J connectivity index is 2.61. The lowest BCUT2D eigenvalue weighted by Gasteiger charge is -2.23. The summed E-state index contributed by atoms with van der Waals surface area (Å²) in [6.07, 6.45) is 6.69. The van der Waals surface area contributed by atoms with E-state index in [1.807, 2.05) is 0 Å². The van der Waals surface area contributed by atoms with E-state index in [4.69, 9.17) is 6.57 Å². The second-order valence-electron chi connectivity index (χ2n) is 3.30. The average molecular weight is 164 g/mol. The average Bonchev–Trinajstić information content (AvgIpc) is 2.16. The molecule has 3 heteroatoms. The lowest BCUT2D eigenvalue weighted by Crippen LogP contribution is -2.30. The van der Waals surface area contributed by atoms with E-state index in [0.29, 0.717) is 6.54 Å². The van der Waals surface area contributed by atoms with E-state index >= 15 is 0 Å². The highest BCUT2D eigenvalue weighted by molar-refractivity contribution is 5.33. The summed E-state index contributed by atoms with van der Waals surface area (Å²) in [4.78, 5) is 17.0. The van der Waals surface area contributed by atoms with Gasteiger partial charge in [-0.3, -0.25) is 0 Å². The molecule has 1 aliphatic rings. The van der Waals surface area contributed by atoms with E-state index in [9.17, 15) is 4.79 Å². The summed E-state index contributed by atoms with van der Waals surface area (Å²) in [5, 5.41) is 0. The van der Waals surface area contributed by atoms with Gasteiger partial charge in [0, 0.05) is 12.8 Å². The molecule has 0 aromatic heterocycles. The second-order valence-corrected chi connectivity index (χ2v) is 3.30. The fourth-order valence-electron chi connectivity index (χ4n) is 1.69. The van der Waals surface area contributed by atoms with Gasteiger partial charge in [0.2, 0.25) is 6.08 Å². The molecule has 0 aromatic carbocycles. The summed E-state index contributed by atoms with van der Waals surface area (Å²) in [5.41, 5.74) is -0.365. The monoisotopic (exact) mass is 164 g/mol. The smallest absolute Gasteiger partial charge is 0.252 e. The molecule has 0 aromatic rings. The topological polar surface area (TPSA) is 33.8 Å². The molecule has 1 aliphatic carbocycles. The van der Waals surface area contributed by atoms with Crippen molar-refractivity contribution in [3.8, 4) is 0 Å². The predicted molar refractivity (Wildman–Crippen MR) is 45.4 cm³/mol. The van der Waals surface area contributed by atoms with Crippen molar-refractivity contribution < 1.29 is 4.79 Å². The third kappa shape index (κ3) is 1.93. The molecule has 0 unspecified atom stereocenters. The maximum atomic E-state index is 9.91. The van der Waals surface area contributed by atoms with E-state index in [-0.39, 0.29) is 5.54 Å². The minimum atomic E-state index is -0.365. The second kappa shape index (κ2) is 4.04. The van der Waals surface area contributed by atoms with Gasteiger partial charge < -0.3 is 4.85 Å². The molecule has 0 radical (unpaired) electrons. The predicted octanol–water partition coefficient (Wildman–Crippen LogP) is 1.94. The minimum absolute atomic E-state index is 0.347. The Morgan fingerprint density at radius 3 is 2.58 bits per heavy atom. The van der Waals surface area contributed by atoms with Crippen LogP contribution in [0.15, 0.2) is 4.99 Å². The lowest BCUT2D eigenvalue weighted by atomic mass is 9.82. The molecule has 0 spiro atoms.